The van der Waals surface area contributed by atoms with E-state index in [9.17, 15) is 82.5 Å². The molecule has 29 nitrogen and oxygen atoms in total. The van der Waals surface area contributed by atoms with E-state index in [1.807, 2.05) is 127 Å². The van der Waals surface area contributed by atoms with Gasteiger partial charge < -0.3 is 31.5 Å². The molecule has 113 heavy (non-hydrogen) atoms. The number of carbonyl (C=O) groups excluding carboxylic acids is 14. The summed E-state index contributed by atoms with van der Waals surface area (Å²) in [6.45, 7) is 30.3. The third-order valence-electron chi connectivity index (χ3n) is 20.6. The molecule has 1 saturated heterocycles. The first kappa shape index (κ1) is 103. The largest absolute Gasteiger partial charge is 0.382 e. The third kappa shape index (κ3) is 35.4. The van der Waals surface area contributed by atoms with Crippen molar-refractivity contribution >= 4 is 82.2 Å². The number of Topliss-reactive ketones (excluding diaryl/α,β-unsaturated/α-hetero) is 4. The quantitative estimate of drug-likeness (QED) is 0.0130. The molecule has 0 bridgehead atoms. The van der Waals surface area contributed by atoms with Crippen molar-refractivity contribution in [3.05, 3.63) is 83.9 Å². The van der Waals surface area contributed by atoms with Crippen molar-refractivity contribution in [2.45, 2.75) is 231 Å². The van der Waals surface area contributed by atoms with Crippen LogP contribution >= 0.6 is 0 Å². The molecule has 1 fully saturated rings. The molecule has 10 amide bonds. The van der Waals surface area contributed by atoms with E-state index in [1.165, 1.54) is 56.5 Å². The lowest BCUT2D eigenvalue weighted by Gasteiger charge is -2.33. The summed E-state index contributed by atoms with van der Waals surface area (Å²) in [6, 6.07) is 15.9. The molecule has 14 N–H and O–H groups in total. The highest BCUT2D eigenvalue weighted by molar-refractivity contribution is 6.21. The maximum Gasteiger partial charge on any atom is 0.272 e. The van der Waals surface area contributed by atoms with Gasteiger partial charge in [0.15, 0.2) is 0 Å². The molecule has 0 aliphatic carbocycles. The standard InChI is InChI=1S/C25H35N3O6.C22H32N2O4.C21H38N2O5.C16H30N2O5/c1-14(2)11-17(20(29)12-19(22(31)26-6)25(3,4)5)18(21(30)27-34)13-28-23(32)15-9-7-8-10-16(15)24(28)33;1-5-9-18(22(27)24-28)19(12-15(2)3)20(25)14-17(21(26)23-4)13-16-10-7-6-8-11-16;1-15(2)13-17(19(25)21(27)23-28)18(24)14-16-11-9-7-5-3-4-6-8-10-12-22-20(16)26;1-9(2)7-10(13(20)15(22)18-23)12(19)8-11(14(21)17-6)16(3,4)5/h7-10,14,17-19,34H,11-13H2,1-6H3,(H,26,31)(H,27,30);5-8,10-11,15,17-19,28H,1,9,12-14H2,2-4H3,(H,23,26)(H,24,27);15-17,19,25,28H,3-14H2,1-2H3,(H,22,26)(H,23,27);9-11,13,20,23H,7-8H2,1-6H3,(H,17,21)(H,18,22)/t2*17-,18+,19-;16-,17+,19+;10-,11+,13-/m1110/s1. The Balaban J connectivity index is 0.000000761. The van der Waals surface area contributed by atoms with Crippen LogP contribution in [0, 0.1) is 93.7 Å². The molecule has 0 unspecified atom stereocenters. The van der Waals surface area contributed by atoms with Gasteiger partial charge in [-0.05, 0) is 104 Å². The number of imide groups is 1. The van der Waals surface area contributed by atoms with Crippen LogP contribution in [0.3, 0.4) is 0 Å². The first-order valence-electron chi connectivity index (χ1n) is 39.7. The van der Waals surface area contributed by atoms with Gasteiger partial charge in [-0.25, -0.2) is 21.9 Å². The van der Waals surface area contributed by atoms with E-state index >= 15 is 0 Å². The summed E-state index contributed by atoms with van der Waals surface area (Å²) >= 11 is 0. The van der Waals surface area contributed by atoms with E-state index in [4.69, 9.17) is 15.6 Å². The van der Waals surface area contributed by atoms with E-state index in [2.05, 4.69) is 27.8 Å². The molecule has 2 aliphatic heterocycles. The maximum atomic E-state index is 13.5. The molecule has 2 aliphatic rings. The number of ketones is 4. The van der Waals surface area contributed by atoms with Crippen molar-refractivity contribution in [1.82, 2.24) is 48.1 Å². The Morgan fingerprint density at radius 3 is 1.23 bits per heavy atom. The number of hydroxylamine groups is 4. The molecule has 4 rings (SSSR count). The van der Waals surface area contributed by atoms with Crippen LogP contribution in [0.4, 0.5) is 0 Å². The number of nitrogens with zero attached hydrogens (tertiary/aromatic N) is 1. The van der Waals surface area contributed by atoms with E-state index in [1.54, 1.807) is 36.2 Å². The average molecular weight is 1590 g/mol. The van der Waals surface area contributed by atoms with Crippen molar-refractivity contribution < 1.29 is 98.2 Å². The Bertz CT molecular complexity index is 3370. The summed E-state index contributed by atoms with van der Waals surface area (Å²) in [6.07, 6.45) is 9.69. The molecular weight excluding hydrogens is 1450 g/mol. The normalized spacial score (nSPS) is 17.0. The van der Waals surface area contributed by atoms with Gasteiger partial charge in [-0.2, -0.15) is 0 Å². The molecule has 2 aromatic rings. The number of aliphatic hydroxyl groups is 2. The lowest BCUT2D eigenvalue weighted by molar-refractivity contribution is -0.147. The number of rotatable bonds is 37. The molecule has 0 spiro atoms. The van der Waals surface area contributed by atoms with Crippen molar-refractivity contribution in [2.24, 2.45) is 93.7 Å². The summed E-state index contributed by atoms with van der Waals surface area (Å²) < 4.78 is 0. The number of nitrogens with one attached hydrogen (secondary N) is 8. The minimum Gasteiger partial charge on any atom is -0.382 e. The fourth-order valence-corrected chi connectivity index (χ4v) is 14.3. The monoisotopic (exact) mass is 1590 g/mol. The van der Waals surface area contributed by atoms with Crippen LogP contribution in [-0.4, -0.2) is 165 Å². The topological polar surface area (TPSA) is 460 Å². The van der Waals surface area contributed by atoms with Crippen molar-refractivity contribution in [1.29, 1.82) is 0 Å². The van der Waals surface area contributed by atoms with E-state index < -0.39 is 118 Å². The van der Waals surface area contributed by atoms with Gasteiger partial charge in [-0.1, -0.05) is 190 Å². The molecule has 0 aromatic heterocycles. The van der Waals surface area contributed by atoms with Crippen molar-refractivity contribution in [3.63, 3.8) is 0 Å². The Labute approximate surface area is 668 Å². The first-order valence-corrected chi connectivity index (χ1v) is 39.7. The fourth-order valence-electron chi connectivity index (χ4n) is 14.3. The van der Waals surface area contributed by atoms with E-state index in [-0.39, 0.29) is 133 Å². The summed E-state index contributed by atoms with van der Waals surface area (Å²) in [5, 5.41) is 66.9. The van der Waals surface area contributed by atoms with Crippen LogP contribution in [0.5, 0.6) is 0 Å². The van der Waals surface area contributed by atoms with E-state index in [0.717, 1.165) is 42.6 Å². The zero-order chi connectivity index (χ0) is 86.2. The number of fused-ring (bicyclic) bond motifs is 1. The van der Waals surface area contributed by atoms with Crippen LogP contribution in [0.1, 0.15) is 239 Å². The predicted octanol–water partition coefficient (Wildman–Crippen LogP) is 8.96. The molecule has 12 atom stereocenters. The molecule has 29 heteroatoms. The van der Waals surface area contributed by atoms with Crippen LogP contribution in [0.2, 0.25) is 0 Å². The lowest BCUT2D eigenvalue weighted by atomic mass is 9.73. The Morgan fingerprint density at radius 2 is 0.832 bits per heavy atom. The summed E-state index contributed by atoms with van der Waals surface area (Å²) in [4.78, 5) is 176. The van der Waals surface area contributed by atoms with Crippen LogP contribution < -0.4 is 43.2 Å². The second kappa shape index (κ2) is 52.1. The summed E-state index contributed by atoms with van der Waals surface area (Å²) in [5.41, 5.74) is 6.53. The second-order valence-corrected chi connectivity index (χ2v) is 33.6. The van der Waals surface area contributed by atoms with Crippen LogP contribution in [0.15, 0.2) is 67.3 Å². The minimum atomic E-state index is -1.64. The van der Waals surface area contributed by atoms with Gasteiger partial charge in [0.2, 0.25) is 35.4 Å². The zero-order valence-corrected chi connectivity index (χ0v) is 69.9. The molecule has 2 aromatic carbocycles. The smallest absolute Gasteiger partial charge is 0.272 e. The van der Waals surface area contributed by atoms with Crippen molar-refractivity contribution in [3.8, 4) is 0 Å². The number of benzene rings is 2. The molecule has 0 radical (unpaired) electrons. The first-order chi connectivity index (χ1) is 53.0. The highest BCUT2D eigenvalue weighted by atomic mass is 16.5. The van der Waals surface area contributed by atoms with Gasteiger partial charge in [0, 0.05) is 95.4 Å². The van der Waals surface area contributed by atoms with Gasteiger partial charge >= 0.3 is 0 Å². The van der Waals surface area contributed by atoms with Gasteiger partial charge in [0.05, 0.1) is 34.8 Å². The Morgan fingerprint density at radius 1 is 0.469 bits per heavy atom. The Kier molecular flexibility index (Phi) is 47.3. The third-order valence-corrected chi connectivity index (χ3v) is 20.6. The minimum absolute atomic E-state index is 0.00166. The molecule has 636 valence electrons. The number of hydrogen-bond acceptors (Lipinski definition) is 20. The number of hydrogen-bond donors (Lipinski definition) is 14. The highest BCUT2D eigenvalue weighted by Gasteiger charge is 2.45. The molecular formula is C84H135N9O20. The second-order valence-electron chi connectivity index (χ2n) is 33.6. The van der Waals surface area contributed by atoms with Gasteiger partial charge in [0.25, 0.3) is 23.6 Å². The van der Waals surface area contributed by atoms with Crippen LogP contribution in [0.25, 0.3) is 0 Å². The average Bonchev–Trinajstić information content (AvgIpc) is 1.63. The summed E-state index contributed by atoms with van der Waals surface area (Å²) in [5.74, 6) is -13.7. The number of allylic oxidation sites excluding steroid dienone is 1. The Hall–Kier alpha value is -8.48. The predicted molar refractivity (Wildman–Crippen MR) is 425 cm³/mol. The van der Waals surface area contributed by atoms with Gasteiger partial charge in [-0.15, -0.1) is 6.58 Å². The van der Waals surface area contributed by atoms with Crippen LogP contribution in [-0.2, 0) is 64.0 Å². The van der Waals surface area contributed by atoms with Gasteiger partial charge in [0.1, 0.15) is 35.3 Å². The SMILES string of the molecule is C=CC[C@H](C(=O)NO)[C@@H](CC(C)C)C(=O)C[C@@H](Cc1ccccc1)C(=O)NC.CC(C)C[C@@H](C(=O)C[C@H]1CCCCCCCCCCNC1=O)[C@H](O)C(=O)NO.CNC(=O)[C@@H](CC(=O)[C@H](CC(C)C)[C@H](CN1C(=O)c2ccccc2C1=O)C(=O)NO)C(C)(C)C.CNC(=O)[C@@H](CC(=O)[C@H](CC(C)C)[C@H](O)C(=O)NO)C(C)(C)C. The molecule has 2 heterocycles. The number of aliphatic hydroxyl groups excluding tert-OH is 2. The highest BCUT2D eigenvalue weighted by Crippen LogP contribution is 2.37. The lowest BCUT2D eigenvalue weighted by Crippen LogP contribution is -2.47. The van der Waals surface area contributed by atoms with Crippen molar-refractivity contribution in [2.75, 3.05) is 34.2 Å². The molecule has 0 saturated carbocycles. The van der Waals surface area contributed by atoms with E-state index in [0.29, 0.717) is 32.2 Å². The number of amides is 10. The zero-order valence-electron chi connectivity index (χ0n) is 69.9. The van der Waals surface area contributed by atoms with Gasteiger partial charge in [-0.3, -0.25) is 92.9 Å². The summed E-state index contributed by atoms with van der Waals surface area (Å²) in [7, 11) is 4.56. The fraction of sp³-hybridized carbons (Fsp3) is 0.667. The maximum absolute atomic E-state index is 13.5. The number of carbonyl (C=O) groups is 14.